The zero-order valence-corrected chi connectivity index (χ0v) is 17.1. The summed E-state index contributed by atoms with van der Waals surface area (Å²) in [6, 6.07) is 5.30. The van der Waals surface area contributed by atoms with E-state index in [-0.39, 0.29) is 30.5 Å². The van der Waals surface area contributed by atoms with E-state index in [1.807, 2.05) is 6.07 Å². The summed E-state index contributed by atoms with van der Waals surface area (Å²) in [5.41, 5.74) is 1.90. The molecule has 0 unspecified atom stereocenters. The molecule has 1 saturated heterocycles. The first-order valence-electron chi connectivity index (χ1n) is 10.6. The molecule has 1 aromatic rings. The number of nitrogens with zero attached hydrogens (tertiary/aromatic N) is 2. The summed E-state index contributed by atoms with van der Waals surface area (Å²) in [4.78, 5) is 41.0. The molecule has 0 aromatic heterocycles. The molecule has 1 aromatic carbocycles. The molecular weight excluding hydrogens is 370 g/mol. The highest BCUT2D eigenvalue weighted by molar-refractivity contribution is 6.05. The van der Waals surface area contributed by atoms with E-state index in [1.54, 1.807) is 24.1 Å². The monoisotopic (exact) mass is 399 g/mol. The summed E-state index contributed by atoms with van der Waals surface area (Å²) >= 11 is 0. The van der Waals surface area contributed by atoms with Gasteiger partial charge in [0.25, 0.3) is 5.91 Å². The second-order valence-corrected chi connectivity index (χ2v) is 8.57. The number of carbonyl (C=O) groups excluding carboxylic acids is 3. The summed E-state index contributed by atoms with van der Waals surface area (Å²) in [6.07, 6.45) is 6.09. The minimum Gasteiger partial charge on any atom is -0.452 e. The van der Waals surface area contributed by atoms with Crippen molar-refractivity contribution in [1.29, 1.82) is 0 Å². The third kappa shape index (κ3) is 3.95. The Balaban J connectivity index is 1.36. The van der Waals surface area contributed by atoms with Crippen LogP contribution in [0.4, 0.5) is 11.4 Å². The number of amides is 2. The minimum absolute atomic E-state index is 0.0286. The maximum Gasteiger partial charge on any atom is 0.338 e. The van der Waals surface area contributed by atoms with E-state index in [0.717, 1.165) is 50.8 Å². The molecule has 7 heteroatoms. The summed E-state index contributed by atoms with van der Waals surface area (Å²) in [5, 5.41) is 2.89. The first kappa shape index (κ1) is 19.7. The van der Waals surface area contributed by atoms with Crippen molar-refractivity contribution in [3.8, 4) is 0 Å². The van der Waals surface area contributed by atoms with Gasteiger partial charge in [0.05, 0.1) is 16.9 Å². The van der Waals surface area contributed by atoms with Crippen LogP contribution in [0.15, 0.2) is 18.2 Å². The van der Waals surface area contributed by atoms with Gasteiger partial charge in [0, 0.05) is 19.6 Å². The van der Waals surface area contributed by atoms with Crippen LogP contribution in [0.1, 0.15) is 55.8 Å². The van der Waals surface area contributed by atoms with E-state index in [0.29, 0.717) is 17.2 Å². The molecule has 29 heavy (non-hydrogen) atoms. The van der Waals surface area contributed by atoms with Gasteiger partial charge in [0.1, 0.15) is 6.04 Å². The van der Waals surface area contributed by atoms with Crippen LogP contribution in [-0.4, -0.2) is 55.0 Å². The number of nitrogens with one attached hydrogen (secondary N) is 1. The van der Waals surface area contributed by atoms with E-state index in [9.17, 15) is 14.4 Å². The number of fused-ring (bicyclic) bond motifs is 3. The van der Waals surface area contributed by atoms with Crippen LogP contribution in [0, 0.1) is 5.92 Å². The number of carbonyl (C=O) groups is 3. The molecule has 2 amide bonds. The third-order valence-electron chi connectivity index (χ3n) is 6.61. The Labute approximate surface area is 171 Å². The molecular formula is C22H29N3O4. The van der Waals surface area contributed by atoms with Crippen LogP contribution in [0.25, 0.3) is 0 Å². The van der Waals surface area contributed by atoms with Crippen LogP contribution >= 0.6 is 0 Å². The molecule has 1 atom stereocenters. The lowest BCUT2D eigenvalue weighted by Gasteiger charge is -2.33. The minimum atomic E-state index is -0.551. The summed E-state index contributed by atoms with van der Waals surface area (Å²) in [6.45, 7) is 2.82. The number of anilines is 2. The number of rotatable bonds is 4. The van der Waals surface area contributed by atoms with Gasteiger partial charge in [-0.2, -0.15) is 0 Å². The van der Waals surface area contributed by atoms with Gasteiger partial charge in [-0.1, -0.05) is 6.92 Å². The number of hydrogen-bond acceptors (Lipinski definition) is 5. The second-order valence-electron chi connectivity index (χ2n) is 8.57. The molecule has 0 bridgehead atoms. The highest BCUT2D eigenvalue weighted by atomic mass is 16.5. The lowest BCUT2D eigenvalue weighted by Crippen LogP contribution is -2.44. The Morgan fingerprint density at radius 1 is 1.21 bits per heavy atom. The predicted octanol–water partition coefficient (Wildman–Crippen LogP) is 2.80. The van der Waals surface area contributed by atoms with Crippen molar-refractivity contribution >= 4 is 29.2 Å². The Bertz CT molecular complexity index is 816. The smallest absolute Gasteiger partial charge is 0.338 e. The lowest BCUT2D eigenvalue weighted by atomic mass is 9.87. The first-order chi connectivity index (χ1) is 13.9. The predicted molar refractivity (Wildman–Crippen MR) is 110 cm³/mol. The van der Waals surface area contributed by atoms with Crippen molar-refractivity contribution in [3.63, 3.8) is 0 Å². The Kier molecular flexibility index (Phi) is 5.48. The van der Waals surface area contributed by atoms with E-state index in [4.69, 9.17) is 4.74 Å². The molecule has 1 aliphatic carbocycles. The van der Waals surface area contributed by atoms with Gasteiger partial charge in [0.15, 0.2) is 6.61 Å². The number of likely N-dealkylation sites (N-methyl/N-ethyl adjacent to an activating group) is 1. The van der Waals surface area contributed by atoms with Crippen molar-refractivity contribution in [2.75, 3.05) is 30.4 Å². The Morgan fingerprint density at radius 2 is 1.97 bits per heavy atom. The Hall–Kier alpha value is -2.57. The molecule has 7 nitrogen and oxygen atoms in total. The van der Waals surface area contributed by atoms with Crippen LogP contribution < -0.4 is 10.2 Å². The summed E-state index contributed by atoms with van der Waals surface area (Å²) < 4.78 is 5.27. The fourth-order valence-electron chi connectivity index (χ4n) is 4.70. The van der Waals surface area contributed by atoms with Crippen LogP contribution in [0.3, 0.4) is 0 Å². The third-order valence-corrected chi connectivity index (χ3v) is 6.61. The number of benzene rings is 1. The van der Waals surface area contributed by atoms with E-state index >= 15 is 0 Å². The fourth-order valence-corrected chi connectivity index (χ4v) is 4.70. The molecule has 1 saturated carbocycles. The molecule has 2 heterocycles. The Morgan fingerprint density at radius 3 is 2.72 bits per heavy atom. The highest BCUT2D eigenvalue weighted by Crippen LogP contribution is 2.37. The van der Waals surface area contributed by atoms with E-state index < -0.39 is 5.97 Å². The molecule has 0 radical (unpaired) electrons. The topological polar surface area (TPSA) is 79.0 Å². The zero-order chi connectivity index (χ0) is 20.5. The van der Waals surface area contributed by atoms with Crippen LogP contribution in [0.2, 0.25) is 0 Å². The molecule has 4 rings (SSSR count). The summed E-state index contributed by atoms with van der Waals surface area (Å²) in [7, 11) is 1.79. The quantitative estimate of drug-likeness (QED) is 0.788. The van der Waals surface area contributed by atoms with Crippen LogP contribution in [0.5, 0.6) is 0 Å². The normalized spacial score (nSPS) is 25.7. The van der Waals surface area contributed by atoms with Crippen LogP contribution in [-0.2, 0) is 14.3 Å². The van der Waals surface area contributed by atoms with Gasteiger partial charge in [0.2, 0.25) is 5.91 Å². The van der Waals surface area contributed by atoms with Crippen molar-refractivity contribution in [1.82, 2.24) is 4.90 Å². The maximum atomic E-state index is 12.5. The number of esters is 1. The summed E-state index contributed by atoms with van der Waals surface area (Å²) in [5.74, 6) is -0.0410. The standard InChI is InChI=1S/C22H29N3O4/c1-14-5-8-16(9-6-14)24(2)20(26)13-29-22(28)15-7-10-18-17(12-15)23-21(27)19-4-3-11-25(18)19/h7,10,12,14,16,19H,3-6,8-9,11,13H2,1-2H3,(H,23,27)/t14?,16?,19-/m1/s1. The van der Waals surface area contributed by atoms with Crippen molar-refractivity contribution in [2.24, 2.45) is 5.92 Å². The molecule has 0 spiro atoms. The molecule has 2 aliphatic heterocycles. The maximum absolute atomic E-state index is 12.5. The average molecular weight is 399 g/mol. The molecule has 3 aliphatic rings. The van der Waals surface area contributed by atoms with Gasteiger partial charge < -0.3 is 19.9 Å². The van der Waals surface area contributed by atoms with Gasteiger partial charge >= 0.3 is 5.97 Å². The van der Waals surface area contributed by atoms with Crippen molar-refractivity contribution < 1.29 is 19.1 Å². The van der Waals surface area contributed by atoms with Gasteiger partial charge in [-0.05, 0) is 62.6 Å². The fraction of sp³-hybridized carbons (Fsp3) is 0.591. The highest BCUT2D eigenvalue weighted by Gasteiger charge is 2.36. The van der Waals surface area contributed by atoms with Gasteiger partial charge in [-0.25, -0.2) is 4.79 Å². The van der Waals surface area contributed by atoms with Gasteiger partial charge in [-0.3, -0.25) is 9.59 Å². The number of hydrogen-bond donors (Lipinski definition) is 1. The lowest BCUT2D eigenvalue weighted by molar-refractivity contribution is -0.136. The largest absolute Gasteiger partial charge is 0.452 e. The molecule has 1 N–H and O–H groups in total. The SMILES string of the molecule is CC1CCC(N(C)C(=O)COC(=O)c2ccc3c(c2)NC(=O)[C@H]2CCCN32)CC1. The van der Waals surface area contributed by atoms with E-state index in [2.05, 4.69) is 17.1 Å². The van der Waals surface area contributed by atoms with Crippen molar-refractivity contribution in [2.45, 2.75) is 57.5 Å². The zero-order valence-electron chi connectivity index (χ0n) is 17.1. The van der Waals surface area contributed by atoms with Crippen molar-refractivity contribution in [3.05, 3.63) is 23.8 Å². The van der Waals surface area contributed by atoms with Gasteiger partial charge in [-0.15, -0.1) is 0 Å². The molecule has 2 fully saturated rings. The molecule has 156 valence electrons. The second kappa shape index (κ2) is 8.05. The van der Waals surface area contributed by atoms with E-state index in [1.165, 1.54) is 0 Å². The number of ether oxygens (including phenoxy) is 1. The first-order valence-corrected chi connectivity index (χ1v) is 10.6. The average Bonchev–Trinajstić information content (AvgIpc) is 3.22.